The molecule has 1 amide bonds. The van der Waals surface area contributed by atoms with E-state index in [4.69, 9.17) is 4.74 Å². The van der Waals surface area contributed by atoms with Crippen LogP contribution in [0.5, 0.6) is 5.75 Å². The summed E-state index contributed by atoms with van der Waals surface area (Å²) in [5, 5.41) is 2.93. The number of carbonyl (C=O) groups excluding carboxylic acids is 1. The van der Waals surface area contributed by atoms with E-state index in [0.29, 0.717) is 11.3 Å². The SMILES string of the molecule is Cc1cc(NC(=O)c2ccccc2OCc2cn3ccccc3n2)ccc1Br. The van der Waals surface area contributed by atoms with Crippen molar-refractivity contribution in [2.75, 3.05) is 5.32 Å². The Kier molecular flexibility index (Phi) is 5.12. The second-order valence-electron chi connectivity index (χ2n) is 6.40. The molecule has 4 rings (SSSR count). The normalized spacial score (nSPS) is 10.8. The third-order valence-electron chi connectivity index (χ3n) is 4.34. The minimum atomic E-state index is -0.215. The van der Waals surface area contributed by atoms with Crippen LogP contribution in [0.25, 0.3) is 5.65 Å². The van der Waals surface area contributed by atoms with Gasteiger partial charge in [0.15, 0.2) is 0 Å². The van der Waals surface area contributed by atoms with Crippen LogP contribution >= 0.6 is 15.9 Å². The predicted molar refractivity (Wildman–Crippen MR) is 113 cm³/mol. The number of aromatic nitrogens is 2. The standard InChI is InChI=1S/C22H18BrN3O2/c1-15-12-16(9-10-19(15)23)25-22(27)18-6-2-3-7-20(18)28-14-17-13-26-11-5-4-8-21(26)24-17/h2-13H,14H2,1H3,(H,25,27). The van der Waals surface area contributed by atoms with Crippen LogP contribution in [0.3, 0.4) is 0 Å². The number of aryl methyl sites for hydroxylation is 1. The van der Waals surface area contributed by atoms with Crippen molar-refractivity contribution in [2.45, 2.75) is 13.5 Å². The molecule has 6 heteroatoms. The average Bonchev–Trinajstić information content (AvgIpc) is 3.12. The molecular formula is C22H18BrN3O2. The van der Waals surface area contributed by atoms with Gasteiger partial charge in [-0.25, -0.2) is 4.98 Å². The van der Waals surface area contributed by atoms with Crippen LogP contribution in [0.1, 0.15) is 21.6 Å². The van der Waals surface area contributed by atoms with Gasteiger partial charge >= 0.3 is 0 Å². The number of benzene rings is 2. The summed E-state index contributed by atoms with van der Waals surface area (Å²) in [6.07, 6.45) is 3.86. The van der Waals surface area contributed by atoms with Gasteiger partial charge in [0.25, 0.3) is 5.91 Å². The molecule has 140 valence electrons. The number of hydrogen-bond acceptors (Lipinski definition) is 3. The van der Waals surface area contributed by atoms with E-state index in [1.807, 2.05) is 72.2 Å². The Morgan fingerprint density at radius 2 is 1.96 bits per heavy atom. The Morgan fingerprint density at radius 3 is 2.79 bits per heavy atom. The molecule has 0 atom stereocenters. The fourth-order valence-corrected chi connectivity index (χ4v) is 3.16. The van der Waals surface area contributed by atoms with Crippen LogP contribution in [-0.2, 0) is 6.61 Å². The summed E-state index contributed by atoms with van der Waals surface area (Å²) in [5.74, 6) is 0.304. The van der Waals surface area contributed by atoms with Crippen LogP contribution in [0.2, 0.25) is 0 Å². The first-order chi connectivity index (χ1) is 13.6. The van der Waals surface area contributed by atoms with E-state index in [2.05, 4.69) is 26.2 Å². The minimum Gasteiger partial charge on any atom is -0.486 e. The summed E-state index contributed by atoms with van der Waals surface area (Å²) in [6.45, 7) is 2.26. The largest absolute Gasteiger partial charge is 0.486 e. The molecule has 4 aromatic rings. The maximum atomic E-state index is 12.8. The molecule has 28 heavy (non-hydrogen) atoms. The molecule has 0 aliphatic carbocycles. The summed E-state index contributed by atoms with van der Waals surface area (Å²) in [6, 6.07) is 18.7. The molecule has 0 aliphatic heterocycles. The number of para-hydroxylation sites is 1. The number of rotatable bonds is 5. The Balaban J connectivity index is 1.51. The molecule has 0 saturated carbocycles. The number of nitrogens with zero attached hydrogens (tertiary/aromatic N) is 2. The van der Waals surface area contributed by atoms with Gasteiger partial charge in [-0.05, 0) is 55.0 Å². The van der Waals surface area contributed by atoms with Crippen molar-refractivity contribution in [2.24, 2.45) is 0 Å². The molecule has 0 spiro atoms. The van der Waals surface area contributed by atoms with Gasteiger partial charge in [0.2, 0.25) is 0 Å². The zero-order valence-electron chi connectivity index (χ0n) is 15.2. The molecule has 1 N–H and O–H groups in total. The van der Waals surface area contributed by atoms with E-state index in [-0.39, 0.29) is 12.5 Å². The van der Waals surface area contributed by atoms with Gasteiger partial charge in [-0.1, -0.05) is 34.1 Å². The minimum absolute atomic E-state index is 0.215. The second-order valence-corrected chi connectivity index (χ2v) is 7.26. The highest BCUT2D eigenvalue weighted by Crippen LogP contribution is 2.23. The van der Waals surface area contributed by atoms with Gasteiger partial charge in [-0.2, -0.15) is 0 Å². The van der Waals surface area contributed by atoms with Crippen LogP contribution < -0.4 is 10.1 Å². The molecule has 2 aromatic heterocycles. The van der Waals surface area contributed by atoms with E-state index in [1.54, 1.807) is 12.1 Å². The monoisotopic (exact) mass is 435 g/mol. The molecule has 5 nitrogen and oxygen atoms in total. The van der Waals surface area contributed by atoms with Gasteiger partial charge in [-0.15, -0.1) is 0 Å². The zero-order chi connectivity index (χ0) is 19.5. The van der Waals surface area contributed by atoms with E-state index >= 15 is 0 Å². The van der Waals surface area contributed by atoms with Crippen molar-refractivity contribution in [3.05, 3.63) is 94.4 Å². The number of carbonyl (C=O) groups is 1. The molecule has 0 saturated heterocycles. The number of nitrogens with one attached hydrogen (secondary N) is 1. The summed E-state index contributed by atoms with van der Waals surface area (Å²) in [5.41, 5.74) is 3.92. The lowest BCUT2D eigenvalue weighted by atomic mass is 10.1. The van der Waals surface area contributed by atoms with Crippen LogP contribution in [-0.4, -0.2) is 15.3 Å². The summed E-state index contributed by atoms with van der Waals surface area (Å²) < 4.78 is 8.85. The third kappa shape index (κ3) is 3.92. The van der Waals surface area contributed by atoms with E-state index in [9.17, 15) is 4.79 Å². The second kappa shape index (κ2) is 7.86. The number of amides is 1. The van der Waals surface area contributed by atoms with Crippen molar-refractivity contribution >= 4 is 33.2 Å². The first-order valence-electron chi connectivity index (χ1n) is 8.82. The Labute approximate surface area is 171 Å². The summed E-state index contributed by atoms with van der Waals surface area (Å²) in [4.78, 5) is 17.3. The number of ether oxygens (including phenoxy) is 1. The molecule has 0 unspecified atom stereocenters. The van der Waals surface area contributed by atoms with Crippen LogP contribution in [0, 0.1) is 6.92 Å². The molecule has 0 fully saturated rings. The lowest BCUT2D eigenvalue weighted by molar-refractivity contribution is 0.102. The highest BCUT2D eigenvalue weighted by molar-refractivity contribution is 9.10. The van der Waals surface area contributed by atoms with Crippen molar-refractivity contribution < 1.29 is 9.53 Å². The number of fused-ring (bicyclic) bond motifs is 1. The molecular weight excluding hydrogens is 418 g/mol. The van der Waals surface area contributed by atoms with Crippen LogP contribution in [0.15, 0.2) is 77.5 Å². The van der Waals surface area contributed by atoms with Crippen LogP contribution in [0.4, 0.5) is 5.69 Å². The molecule has 0 radical (unpaired) electrons. The lowest BCUT2D eigenvalue weighted by Gasteiger charge is -2.11. The van der Waals surface area contributed by atoms with Gasteiger partial charge in [0.1, 0.15) is 18.0 Å². The van der Waals surface area contributed by atoms with Gasteiger partial charge in [0.05, 0.1) is 11.3 Å². The average molecular weight is 436 g/mol. The predicted octanol–water partition coefficient (Wildman–Crippen LogP) is 5.24. The quantitative estimate of drug-likeness (QED) is 0.466. The number of halogens is 1. The zero-order valence-corrected chi connectivity index (χ0v) is 16.8. The van der Waals surface area contributed by atoms with Crippen molar-refractivity contribution in [1.29, 1.82) is 0 Å². The van der Waals surface area contributed by atoms with Gasteiger partial charge in [0, 0.05) is 22.6 Å². The molecule has 2 aromatic carbocycles. The number of pyridine rings is 1. The van der Waals surface area contributed by atoms with E-state index in [1.165, 1.54) is 0 Å². The fourth-order valence-electron chi connectivity index (χ4n) is 2.91. The van der Waals surface area contributed by atoms with Crippen molar-refractivity contribution in [1.82, 2.24) is 9.38 Å². The Morgan fingerprint density at radius 1 is 1.14 bits per heavy atom. The van der Waals surface area contributed by atoms with E-state index in [0.717, 1.165) is 27.1 Å². The van der Waals surface area contributed by atoms with Crippen molar-refractivity contribution in [3.8, 4) is 5.75 Å². The van der Waals surface area contributed by atoms with Crippen molar-refractivity contribution in [3.63, 3.8) is 0 Å². The maximum absolute atomic E-state index is 12.8. The Bertz CT molecular complexity index is 1120. The number of hydrogen-bond donors (Lipinski definition) is 1. The van der Waals surface area contributed by atoms with E-state index < -0.39 is 0 Å². The molecule has 2 heterocycles. The maximum Gasteiger partial charge on any atom is 0.259 e. The Hall–Kier alpha value is -3.12. The first kappa shape index (κ1) is 18.3. The number of anilines is 1. The topological polar surface area (TPSA) is 55.6 Å². The molecule has 0 aliphatic rings. The lowest BCUT2D eigenvalue weighted by Crippen LogP contribution is -2.13. The smallest absolute Gasteiger partial charge is 0.259 e. The molecule has 0 bridgehead atoms. The summed E-state index contributed by atoms with van der Waals surface area (Å²) in [7, 11) is 0. The van der Waals surface area contributed by atoms with Gasteiger partial charge < -0.3 is 14.5 Å². The fraction of sp³-hybridized carbons (Fsp3) is 0.0909. The highest BCUT2D eigenvalue weighted by atomic mass is 79.9. The number of imidazole rings is 1. The summed E-state index contributed by atoms with van der Waals surface area (Å²) >= 11 is 3.47. The van der Waals surface area contributed by atoms with Gasteiger partial charge in [-0.3, -0.25) is 4.79 Å². The highest BCUT2D eigenvalue weighted by Gasteiger charge is 2.13. The third-order valence-corrected chi connectivity index (χ3v) is 5.23. The first-order valence-corrected chi connectivity index (χ1v) is 9.61.